The first-order chi connectivity index (χ1) is 13.8. The highest BCUT2D eigenvalue weighted by molar-refractivity contribution is 7.88. The van der Waals surface area contributed by atoms with Crippen molar-refractivity contribution in [1.29, 1.82) is 0 Å². The molecule has 0 aromatic heterocycles. The number of piperidine rings is 1. The zero-order valence-corrected chi connectivity index (χ0v) is 18.3. The van der Waals surface area contributed by atoms with Gasteiger partial charge in [0, 0.05) is 31.8 Å². The Morgan fingerprint density at radius 3 is 2.55 bits per heavy atom. The summed E-state index contributed by atoms with van der Waals surface area (Å²) < 4.78 is 32.7. The summed E-state index contributed by atoms with van der Waals surface area (Å²) in [6.45, 7) is 4.00. The average molecular weight is 421 g/mol. The van der Waals surface area contributed by atoms with Gasteiger partial charge in [-0.05, 0) is 51.0 Å². The minimum Gasteiger partial charge on any atom is -0.375 e. The van der Waals surface area contributed by atoms with Crippen LogP contribution in [0.2, 0.25) is 0 Å². The number of amides is 1. The van der Waals surface area contributed by atoms with Crippen molar-refractivity contribution in [2.24, 2.45) is 0 Å². The molecule has 1 amide bonds. The molecule has 3 aliphatic rings. The van der Waals surface area contributed by atoms with E-state index in [-0.39, 0.29) is 23.6 Å². The summed E-state index contributed by atoms with van der Waals surface area (Å²) in [6, 6.07) is 8.31. The molecule has 3 fully saturated rings. The lowest BCUT2D eigenvalue weighted by molar-refractivity contribution is -0.146. The first kappa shape index (κ1) is 20.8. The third-order valence-corrected chi connectivity index (χ3v) is 7.94. The van der Waals surface area contributed by atoms with Crippen LogP contribution in [0.15, 0.2) is 24.3 Å². The van der Waals surface area contributed by atoms with E-state index in [0.717, 1.165) is 44.1 Å². The van der Waals surface area contributed by atoms with Crippen molar-refractivity contribution in [3.8, 4) is 0 Å². The summed E-state index contributed by atoms with van der Waals surface area (Å²) in [5.74, 6) is 0.161. The highest BCUT2D eigenvalue weighted by Crippen LogP contribution is 2.41. The Hall–Kier alpha value is -1.44. The molecule has 2 aliphatic heterocycles. The Morgan fingerprint density at radius 1 is 1.21 bits per heavy atom. The first-order valence-electron chi connectivity index (χ1n) is 10.7. The number of likely N-dealkylation sites (tertiary alicyclic amines) is 1. The number of hydrogen-bond acceptors (Lipinski definition) is 4. The molecule has 0 radical (unpaired) electrons. The Labute approximate surface area is 174 Å². The van der Waals surface area contributed by atoms with Gasteiger partial charge >= 0.3 is 0 Å². The normalized spacial score (nSPS) is 24.8. The molecule has 0 N–H and O–H groups in total. The fourth-order valence-corrected chi connectivity index (χ4v) is 6.48. The summed E-state index contributed by atoms with van der Waals surface area (Å²) >= 11 is 0. The zero-order chi connectivity index (χ0) is 20.6. The second-order valence-electron chi connectivity index (χ2n) is 9.05. The summed E-state index contributed by atoms with van der Waals surface area (Å²) in [5, 5.41) is 0. The van der Waals surface area contributed by atoms with E-state index >= 15 is 0 Å². The molecule has 1 spiro atoms. The van der Waals surface area contributed by atoms with Crippen LogP contribution in [-0.4, -0.2) is 67.2 Å². The van der Waals surface area contributed by atoms with Gasteiger partial charge in [-0.1, -0.05) is 29.8 Å². The van der Waals surface area contributed by atoms with Crippen LogP contribution in [0.25, 0.3) is 0 Å². The lowest BCUT2D eigenvalue weighted by Gasteiger charge is -2.48. The lowest BCUT2D eigenvalue weighted by Crippen LogP contribution is -2.55. The smallest absolute Gasteiger partial charge is 0.226 e. The van der Waals surface area contributed by atoms with Gasteiger partial charge in [0.05, 0.1) is 18.3 Å². The largest absolute Gasteiger partial charge is 0.375 e. The number of carbonyl (C=O) groups excluding carboxylic acids is 1. The Kier molecular flexibility index (Phi) is 5.75. The van der Waals surface area contributed by atoms with Crippen molar-refractivity contribution < 1.29 is 17.9 Å². The molecule has 0 bridgehead atoms. The molecule has 4 rings (SSSR count). The highest BCUT2D eigenvalue weighted by Gasteiger charge is 2.47. The van der Waals surface area contributed by atoms with Gasteiger partial charge in [0.1, 0.15) is 0 Å². The summed E-state index contributed by atoms with van der Waals surface area (Å²) in [5.41, 5.74) is 1.93. The minimum absolute atomic E-state index is 0.0285. The number of hydrogen-bond donors (Lipinski definition) is 0. The molecule has 2 saturated heterocycles. The average Bonchev–Trinajstić information content (AvgIpc) is 3.46. The van der Waals surface area contributed by atoms with Crippen molar-refractivity contribution >= 4 is 15.9 Å². The maximum atomic E-state index is 12.7. The SMILES string of the molecule is Cc1cccc(CC(=O)N2CCC3(CC2)C[C@@H](N(C2CC2)S(C)(=O)=O)CCO3)c1. The molecular formula is C22H32N2O4S. The number of aryl methyl sites for hydroxylation is 1. The Balaban J connectivity index is 1.37. The Morgan fingerprint density at radius 2 is 1.93 bits per heavy atom. The van der Waals surface area contributed by atoms with Gasteiger partial charge in [-0.2, -0.15) is 4.31 Å². The van der Waals surface area contributed by atoms with E-state index in [9.17, 15) is 13.2 Å². The minimum atomic E-state index is -3.21. The van der Waals surface area contributed by atoms with Gasteiger partial charge in [0.25, 0.3) is 0 Å². The van der Waals surface area contributed by atoms with Crippen LogP contribution in [-0.2, 0) is 26.0 Å². The molecule has 1 saturated carbocycles. The van der Waals surface area contributed by atoms with E-state index < -0.39 is 10.0 Å². The molecule has 1 atom stereocenters. The number of rotatable bonds is 5. The number of nitrogens with zero attached hydrogens (tertiary/aromatic N) is 2. The van der Waals surface area contributed by atoms with Crippen molar-refractivity contribution in [2.45, 2.75) is 69.6 Å². The number of ether oxygens (including phenoxy) is 1. The van der Waals surface area contributed by atoms with E-state index in [1.807, 2.05) is 30.0 Å². The molecule has 1 aromatic rings. The van der Waals surface area contributed by atoms with Gasteiger partial charge in [0.15, 0.2) is 0 Å². The van der Waals surface area contributed by atoms with Crippen molar-refractivity contribution in [1.82, 2.24) is 9.21 Å². The molecule has 1 aromatic carbocycles. The van der Waals surface area contributed by atoms with E-state index in [0.29, 0.717) is 26.1 Å². The molecule has 7 heteroatoms. The van der Waals surface area contributed by atoms with E-state index in [4.69, 9.17) is 4.74 Å². The van der Waals surface area contributed by atoms with Crippen LogP contribution >= 0.6 is 0 Å². The second-order valence-corrected chi connectivity index (χ2v) is 10.9. The molecule has 0 unspecified atom stereocenters. The molecular weight excluding hydrogens is 388 g/mol. The predicted molar refractivity (Wildman–Crippen MR) is 112 cm³/mol. The predicted octanol–water partition coefficient (Wildman–Crippen LogP) is 2.50. The van der Waals surface area contributed by atoms with Crippen molar-refractivity contribution in [2.75, 3.05) is 26.0 Å². The standard InChI is InChI=1S/C22H32N2O4S/c1-17-4-3-5-18(14-17)15-21(25)23-11-9-22(10-12-23)16-20(8-13-28-22)24(19-6-7-19)29(2,26)27/h3-5,14,19-20H,6-13,15-16H2,1-2H3/t20-/m0/s1. The number of benzene rings is 1. The van der Waals surface area contributed by atoms with Crippen LogP contribution in [0, 0.1) is 6.92 Å². The van der Waals surface area contributed by atoms with Crippen LogP contribution < -0.4 is 0 Å². The fourth-order valence-electron chi connectivity index (χ4n) is 5.01. The lowest BCUT2D eigenvalue weighted by atomic mass is 9.82. The molecule has 160 valence electrons. The third-order valence-electron chi connectivity index (χ3n) is 6.58. The third kappa shape index (κ3) is 4.84. The van der Waals surface area contributed by atoms with Crippen LogP contribution in [0.4, 0.5) is 0 Å². The second kappa shape index (κ2) is 8.00. The van der Waals surface area contributed by atoms with Crippen LogP contribution in [0.3, 0.4) is 0 Å². The molecule has 29 heavy (non-hydrogen) atoms. The monoisotopic (exact) mass is 420 g/mol. The van der Waals surface area contributed by atoms with Gasteiger partial charge in [-0.25, -0.2) is 8.42 Å². The maximum Gasteiger partial charge on any atom is 0.226 e. The first-order valence-corrected chi connectivity index (χ1v) is 12.6. The number of carbonyl (C=O) groups is 1. The van der Waals surface area contributed by atoms with Crippen molar-refractivity contribution in [3.63, 3.8) is 0 Å². The Bertz CT molecular complexity index is 857. The van der Waals surface area contributed by atoms with Crippen LogP contribution in [0.5, 0.6) is 0 Å². The summed E-state index contributed by atoms with van der Waals surface area (Å²) in [7, 11) is -3.21. The van der Waals surface area contributed by atoms with E-state index in [1.54, 1.807) is 4.31 Å². The van der Waals surface area contributed by atoms with Gasteiger partial charge in [-0.15, -0.1) is 0 Å². The molecule has 6 nitrogen and oxygen atoms in total. The van der Waals surface area contributed by atoms with E-state index in [2.05, 4.69) is 6.07 Å². The van der Waals surface area contributed by atoms with Crippen LogP contribution in [0.1, 0.15) is 49.7 Å². The highest BCUT2D eigenvalue weighted by atomic mass is 32.2. The maximum absolute atomic E-state index is 12.7. The van der Waals surface area contributed by atoms with Gasteiger partial charge in [0.2, 0.25) is 15.9 Å². The fraction of sp³-hybridized carbons (Fsp3) is 0.682. The summed E-state index contributed by atoms with van der Waals surface area (Å²) in [6.07, 6.45) is 6.79. The quantitative estimate of drug-likeness (QED) is 0.734. The topological polar surface area (TPSA) is 66.9 Å². The summed E-state index contributed by atoms with van der Waals surface area (Å²) in [4.78, 5) is 14.7. The van der Waals surface area contributed by atoms with Crippen molar-refractivity contribution in [3.05, 3.63) is 35.4 Å². The van der Waals surface area contributed by atoms with E-state index in [1.165, 1.54) is 11.8 Å². The number of sulfonamides is 1. The van der Waals surface area contributed by atoms with Gasteiger partial charge in [-0.3, -0.25) is 4.79 Å². The van der Waals surface area contributed by atoms with Gasteiger partial charge < -0.3 is 9.64 Å². The zero-order valence-electron chi connectivity index (χ0n) is 17.5. The molecule has 2 heterocycles. The molecule has 1 aliphatic carbocycles.